The molecule has 3 amide bonds. The van der Waals surface area contributed by atoms with Crippen molar-refractivity contribution in [2.24, 2.45) is 7.05 Å². The Balaban J connectivity index is 1.18. The summed E-state index contributed by atoms with van der Waals surface area (Å²) in [5, 5.41) is 2.32. The van der Waals surface area contributed by atoms with E-state index in [9.17, 15) is 18.8 Å². The molecule has 0 saturated carbocycles. The summed E-state index contributed by atoms with van der Waals surface area (Å²) in [6.07, 6.45) is 3.90. The maximum Gasteiger partial charge on any atom is 0.255 e. The molecule has 1 unspecified atom stereocenters. The minimum Gasteiger partial charge on any atom is -0.329 e. The number of nitrogens with zero attached hydrogens (tertiary/aromatic N) is 5. The van der Waals surface area contributed by atoms with E-state index in [0.29, 0.717) is 18.5 Å². The number of carbonyl (C=O) groups is 3. The van der Waals surface area contributed by atoms with E-state index in [0.717, 1.165) is 54.0 Å². The van der Waals surface area contributed by atoms with E-state index >= 15 is 0 Å². The lowest BCUT2D eigenvalue weighted by molar-refractivity contribution is -0.136. The molecule has 0 spiro atoms. The normalized spacial score (nSPS) is 21.3. The van der Waals surface area contributed by atoms with Gasteiger partial charge >= 0.3 is 0 Å². The van der Waals surface area contributed by atoms with Gasteiger partial charge in [0.25, 0.3) is 5.91 Å². The molecule has 2 fully saturated rings. The van der Waals surface area contributed by atoms with Gasteiger partial charge in [0.05, 0.1) is 12.1 Å². The molecule has 2 saturated heterocycles. The van der Waals surface area contributed by atoms with Crippen molar-refractivity contribution in [3.63, 3.8) is 0 Å². The molecule has 186 valence electrons. The first kappa shape index (κ1) is 22.8. The third-order valence-electron chi connectivity index (χ3n) is 7.80. The Morgan fingerprint density at radius 2 is 1.94 bits per heavy atom. The van der Waals surface area contributed by atoms with Crippen molar-refractivity contribution in [1.29, 1.82) is 0 Å². The number of pyridine rings is 1. The molecule has 0 aliphatic carbocycles. The van der Waals surface area contributed by atoms with Gasteiger partial charge in [0.15, 0.2) is 5.65 Å². The lowest BCUT2D eigenvalue weighted by atomic mass is 9.85. The topological polar surface area (TPSA) is 100 Å². The molecular formula is C26H27FN6O3. The van der Waals surface area contributed by atoms with Crippen LogP contribution in [0, 0.1) is 5.82 Å². The molecule has 1 N–H and O–H groups in total. The van der Waals surface area contributed by atoms with Gasteiger partial charge in [-0.25, -0.2) is 14.4 Å². The van der Waals surface area contributed by atoms with Gasteiger partial charge in [-0.1, -0.05) is 0 Å². The molecule has 3 aromatic rings. The minimum atomic E-state index is -0.705. The number of halogens is 1. The van der Waals surface area contributed by atoms with Crippen molar-refractivity contribution in [1.82, 2.24) is 29.7 Å². The number of amides is 3. The van der Waals surface area contributed by atoms with Gasteiger partial charge in [-0.3, -0.25) is 24.6 Å². The van der Waals surface area contributed by atoms with Crippen LogP contribution in [0.1, 0.15) is 58.9 Å². The number of aryl methyl sites for hydroxylation is 1. The first-order valence-electron chi connectivity index (χ1n) is 12.3. The number of piperidine rings is 2. The van der Waals surface area contributed by atoms with Gasteiger partial charge in [0.1, 0.15) is 17.7 Å². The lowest BCUT2D eigenvalue weighted by Gasteiger charge is -2.33. The molecule has 3 aliphatic rings. The molecule has 1 aromatic carbocycles. The Kier molecular flexibility index (Phi) is 5.55. The van der Waals surface area contributed by atoms with Crippen molar-refractivity contribution in [2.45, 2.75) is 50.7 Å². The van der Waals surface area contributed by atoms with Crippen LogP contribution in [0.5, 0.6) is 0 Å². The van der Waals surface area contributed by atoms with Crippen molar-refractivity contribution in [3.05, 3.63) is 58.8 Å². The van der Waals surface area contributed by atoms with E-state index in [1.165, 1.54) is 11.0 Å². The summed E-state index contributed by atoms with van der Waals surface area (Å²) in [5.74, 6) is -0.472. The number of aromatic nitrogens is 3. The molecule has 10 heteroatoms. The van der Waals surface area contributed by atoms with Gasteiger partial charge in [0, 0.05) is 31.8 Å². The second-order valence-electron chi connectivity index (χ2n) is 9.90. The Bertz CT molecular complexity index is 1390. The first-order chi connectivity index (χ1) is 17.4. The Morgan fingerprint density at radius 1 is 1.14 bits per heavy atom. The van der Waals surface area contributed by atoms with Crippen LogP contribution in [-0.2, 0) is 29.7 Å². The summed E-state index contributed by atoms with van der Waals surface area (Å²) in [4.78, 5) is 49.9. The first-order valence-corrected chi connectivity index (χ1v) is 12.3. The number of hydrogen-bond donors (Lipinski definition) is 1. The molecule has 2 aromatic heterocycles. The van der Waals surface area contributed by atoms with Crippen LogP contribution in [-0.4, -0.2) is 61.2 Å². The number of likely N-dealkylation sites (tertiary alicyclic amines) is 1. The third kappa shape index (κ3) is 3.85. The predicted octanol–water partition coefficient (Wildman–Crippen LogP) is 2.25. The van der Waals surface area contributed by atoms with Crippen molar-refractivity contribution < 1.29 is 18.8 Å². The van der Waals surface area contributed by atoms with Crippen LogP contribution in [0.15, 0.2) is 30.5 Å². The molecule has 3 aliphatic heterocycles. The Morgan fingerprint density at radius 3 is 2.69 bits per heavy atom. The fraction of sp³-hybridized carbons (Fsp3) is 0.423. The zero-order valence-corrected chi connectivity index (χ0v) is 20.0. The van der Waals surface area contributed by atoms with Crippen LogP contribution >= 0.6 is 0 Å². The number of carbonyl (C=O) groups excluding carboxylic acids is 3. The van der Waals surface area contributed by atoms with Crippen LogP contribution in [0.2, 0.25) is 0 Å². The van der Waals surface area contributed by atoms with Crippen molar-refractivity contribution >= 4 is 28.9 Å². The summed E-state index contributed by atoms with van der Waals surface area (Å²) >= 11 is 0. The van der Waals surface area contributed by atoms with E-state index in [1.54, 1.807) is 12.3 Å². The van der Waals surface area contributed by atoms with E-state index in [-0.39, 0.29) is 30.7 Å². The fourth-order valence-corrected chi connectivity index (χ4v) is 5.83. The number of benzene rings is 1. The number of imidazole rings is 1. The second-order valence-corrected chi connectivity index (χ2v) is 9.90. The zero-order valence-electron chi connectivity index (χ0n) is 20.0. The van der Waals surface area contributed by atoms with Gasteiger partial charge in [0.2, 0.25) is 11.8 Å². The largest absolute Gasteiger partial charge is 0.329 e. The molecule has 0 radical (unpaired) electrons. The average molecular weight is 491 g/mol. The molecule has 9 nitrogen and oxygen atoms in total. The second kappa shape index (κ2) is 8.77. The maximum absolute atomic E-state index is 14.6. The number of hydrogen-bond acceptors (Lipinski definition) is 6. The van der Waals surface area contributed by atoms with Gasteiger partial charge < -0.3 is 9.47 Å². The highest BCUT2D eigenvalue weighted by molar-refractivity contribution is 6.05. The predicted molar refractivity (Wildman–Crippen MR) is 128 cm³/mol. The molecule has 36 heavy (non-hydrogen) atoms. The standard InChI is InChI=1S/C26H27FN6O3/c1-31-20-3-2-8-28-24(20)29-22(31)14-32-9-6-15(7-10-32)17-11-16(27)12-18-19(17)13-33(26(18)36)21-4-5-23(34)30-25(21)35/h2-3,8,11-12,15,21H,4-7,9-10,13-14H2,1H3,(H,30,34,35). The quantitative estimate of drug-likeness (QED) is 0.563. The van der Waals surface area contributed by atoms with Gasteiger partial charge in [-0.05, 0) is 73.7 Å². The summed E-state index contributed by atoms with van der Waals surface area (Å²) in [5.41, 5.74) is 3.75. The fourth-order valence-electron chi connectivity index (χ4n) is 5.83. The van der Waals surface area contributed by atoms with Crippen molar-refractivity contribution in [3.8, 4) is 0 Å². The van der Waals surface area contributed by atoms with Crippen molar-refractivity contribution in [2.75, 3.05) is 13.1 Å². The van der Waals surface area contributed by atoms with Gasteiger partial charge in [-0.2, -0.15) is 0 Å². The maximum atomic E-state index is 14.6. The lowest BCUT2D eigenvalue weighted by Crippen LogP contribution is -2.52. The molecule has 6 rings (SSSR count). The summed E-state index contributed by atoms with van der Waals surface area (Å²) in [6, 6.07) is 6.04. The number of nitrogens with one attached hydrogen (secondary N) is 1. The van der Waals surface area contributed by atoms with Crippen LogP contribution in [0.25, 0.3) is 11.2 Å². The highest BCUT2D eigenvalue weighted by atomic mass is 19.1. The summed E-state index contributed by atoms with van der Waals surface area (Å²) in [6.45, 7) is 2.64. The Hall–Kier alpha value is -3.66. The molecular weight excluding hydrogens is 463 g/mol. The Labute approximate surface area is 207 Å². The van der Waals surface area contributed by atoms with Crippen LogP contribution in [0.3, 0.4) is 0 Å². The van der Waals surface area contributed by atoms with E-state index in [4.69, 9.17) is 0 Å². The monoisotopic (exact) mass is 490 g/mol. The zero-order chi connectivity index (χ0) is 25.0. The van der Waals surface area contributed by atoms with E-state index < -0.39 is 17.8 Å². The average Bonchev–Trinajstić information content (AvgIpc) is 3.36. The van der Waals surface area contributed by atoms with Crippen LogP contribution in [0.4, 0.5) is 4.39 Å². The number of fused-ring (bicyclic) bond motifs is 2. The molecule has 5 heterocycles. The smallest absolute Gasteiger partial charge is 0.255 e. The highest BCUT2D eigenvalue weighted by Gasteiger charge is 2.41. The van der Waals surface area contributed by atoms with E-state index in [2.05, 4.69) is 24.8 Å². The SMILES string of the molecule is Cn1c(CN2CCC(c3cc(F)cc4c3CN(C3CCC(=O)NC3=O)C4=O)CC2)nc2ncccc21. The third-order valence-corrected chi connectivity index (χ3v) is 7.80. The number of imide groups is 1. The molecule has 1 atom stereocenters. The summed E-state index contributed by atoms with van der Waals surface area (Å²) < 4.78 is 16.7. The van der Waals surface area contributed by atoms with Crippen LogP contribution < -0.4 is 5.32 Å². The highest BCUT2D eigenvalue weighted by Crippen LogP contribution is 2.38. The molecule has 0 bridgehead atoms. The van der Waals surface area contributed by atoms with E-state index in [1.807, 2.05) is 19.2 Å². The summed E-state index contributed by atoms with van der Waals surface area (Å²) in [7, 11) is 2.00. The minimum absolute atomic E-state index is 0.127. The number of rotatable bonds is 4. The van der Waals surface area contributed by atoms with Gasteiger partial charge in [-0.15, -0.1) is 0 Å².